The molecule has 0 aromatic heterocycles. The molecule has 0 nitrogen and oxygen atoms in total. The molecule has 0 aliphatic rings. The van der Waals surface area contributed by atoms with Crippen molar-refractivity contribution in [3.63, 3.8) is 0 Å². The second-order valence-electron chi connectivity index (χ2n) is 0. The molecule has 0 saturated heterocycles. The van der Waals surface area contributed by atoms with Crippen LogP contribution in [0.1, 0.15) is 0 Å². The van der Waals surface area contributed by atoms with Gasteiger partial charge >= 0.3 is 0 Å². The van der Waals surface area contributed by atoms with Crippen molar-refractivity contribution in [3.05, 3.63) is 14.9 Å². The zero-order chi connectivity index (χ0) is 0. The van der Waals surface area contributed by atoms with Crippen molar-refractivity contribution < 1.29 is 119 Å². The van der Waals surface area contributed by atoms with E-state index in [1.165, 1.54) is 0 Å². The minimum Gasteiger partial charge on any atom is -0.358 e. The maximum atomic E-state index is 0. The smallest absolute Gasteiger partial charge is 0 e. The van der Waals surface area contributed by atoms with Crippen LogP contribution in [0.15, 0.2) is 0 Å². The zero-order valence-electron chi connectivity index (χ0n) is 4.14. The van der Waals surface area contributed by atoms with Gasteiger partial charge in [-0.15, -0.1) is 0 Å². The maximum Gasteiger partial charge on any atom is 0 e. The van der Waals surface area contributed by atoms with E-state index in [9.17, 15) is 0 Å². The van der Waals surface area contributed by atoms with Gasteiger partial charge in [0.1, 0.15) is 0 Å². The molecule has 0 aliphatic heterocycles. The molecule has 4 heteroatoms. The predicted molar refractivity (Wildman–Crippen MR) is 12.8 cm³/mol. The van der Waals surface area contributed by atoms with Crippen LogP contribution in [0.3, 0.4) is 0 Å². The van der Waals surface area contributed by atoms with Crippen LogP contribution < -0.4 is 0 Å². The van der Waals surface area contributed by atoms with Gasteiger partial charge in [0, 0.05) is 119 Å². The van der Waals surface area contributed by atoms with E-state index in [1.54, 1.807) is 0 Å². The molecule has 0 heterocycles. The van der Waals surface area contributed by atoms with Crippen LogP contribution in [0.2, 0.25) is 0 Å². The minimum atomic E-state index is 0. The van der Waals surface area contributed by atoms with Crippen molar-refractivity contribution in [1.82, 2.24) is 0 Å². The first-order valence-corrected chi connectivity index (χ1v) is 0. The summed E-state index contributed by atoms with van der Waals surface area (Å²) in [5.41, 5.74) is 0. The molecule has 0 bridgehead atoms. The molecular formula is C2H6WY3-2. The second kappa shape index (κ2) is 36.0. The van der Waals surface area contributed by atoms with Crippen LogP contribution in [0.4, 0.5) is 0 Å². The Morgan fingerprint density at radius 3 is 0.500 bits per heavy atom. The Balaban J connectivity index is 0. The van der Waals surface area contributed by atoms with Gasteiger partial charge in [0.2, 0.25) is 0 Å². The van der Waals surface area contributed by atoms with Crippen LogP contribution in [0.25, 0.3) is 0 Å². The summed E-state index contributed by atoms with van der Waals surface area (Å²) >= 11 is 0. The van der Waals surface area contributed by atoms with Crippen LogP contribution >= 0.6 is 0 Å². The SMILES string of the molecule is [CH3-].[CH3-].[W].[Y].[Y].[Y]. The van der Waals surface area contributed by atoms with Gasteiger partial charge in [-0.25, -0.2) is 0 Å². The summed E-state index contributed by atoms with van der Waals surface area (Å²) in [6.45, 7) is 0. The van der Waals surface area contributed by atoms with E-state index in [1.807, 2.05) is 0 Å². The van der Waals surface area contributed by atoms with E-state index < -0.39 is 0 Å². The average molecular weight is 481 g/mol. The van der Waals surface area contributed by atoms with Crippen molar-refractivity contribution in [3.8, 4) is 0 Å². The molecule has 0 unspecified atom stereocenters. The van der Waals surface area contributed by atoms with E-state index in [-0.39, 0.29) is 134 Å². The summed E-state index contributed by atoms with van der Waals surface area (Å²) in [7, 11) is 0. The van der Waals surface area contributed by atoms with Crippen LogP contribution in [-0.2, 0) is 119 Å². The van der Waals surface area contributed by atoms with Crippen molar-refractivity contribution in [1.29, 1.82) is 0 Å². The van der Waals surface area contributed by atoms with Crippen molar-refractivity contribution in [2.24, 2.45) is 0 Å². The molecule has 31 valence electrons. The molecule has 3 radical (unpaired) electrons. The predicted octanol–water partition coefficient (Wildman–Crippen LogP) is 0.891. The third-order valence-electron chi connectivity index (χ3n) is 0. The zero-order valence-corrected chi connectivity index (χ0v) is 15.6. The van der Waals surface area contributed by atoms with Crippen molar-refractivity contribution in [2.45, 2.75) is 0 Å². The van der Waals surface area contributed by atoms with Gasteiger partial charge < -0.3 is 14.9 Å². The maximum absolute atomic E-state index is 0. The molecule has 0 rings (SSSR count). The Kier molecular flexibility index (Phi) is 304. The van der Waals surface area contributed by atoms with E-state index in [0.717, 1.165) is 0 Å². The van der Waals surface area contributed by atoms with Gasteiger partial charge in [-0.1, -0.05) is 0 Å². The fourth-order valence-electron chi connectivity index (χ4n) is 0. The molecule has 0 aromatic rings. The monoisotopic (exact) mass is 481 g/mol. The Hall–Kier alpha value is 4.00. The first-order valence-electron chi connectivity index (χ1n) is 0. The van der Waals surface area contributed by atoms with Crippen molar-refractivity contribution in [2.75, 3.05) is 0 Å². The first-order chi connectivity index (χ1) is 0. The third kappa shape index (κ3) is 24.5. The number of rotatable bonds is 0. The summed E-state index contributed by atoms with van der Waals surface area (Å²) in [5, 5.41) is 0. The molecule has 0 aromatic carbocycles. The van der Waals surface area contributed by atoms with Crippen LogP contribution in [-0.4, -0.2) is 0 Å². The molecule has 0 atom stereocenters. The number of hydrogen-bond donors (Lipinski definition) is 0. The van der Waals surface area contributed by atoms with Gasteiger partial charge in [-0.05, 0) is 0 Å². The Morgan fingerprint density at radius 2 is 0.500 bits per heavy atom. The average Bonchev–Trinajstić information content (AvgIpc) is 0. The van der Waals surface area contributed by atoms with Gasteiger partial charge in [0.25, 0.3) is 0 Å². The molecule has 0 aliphatic carbocycles. The van der Waals surface area contributed by atoms with Gasteiger partial charge in [-0.3, -0.25) is 0 Å². The normalized spacial score (nSPS) is 0. The summed E-state index contributed by atoms with van der Waals surface area (Å²) in [5.74, 6) is 0. The molecule has 6 heavy (non-hydrogen) atoms. The van der Waals surface area contributed by atoms with Crippen LogP contribution in [0.5, 0.6) is 0 Å². The summed E-state index contributed by atoms with van der Waals surface area (Å²) in [4.78, 5) is 0. The molecule has 0 saturated carbocycles. The fraction of sp³-hybridized carbons (Fsp3) is 0. The Bertz CT molecular complexity index is 8.75. The van der Waals surface area contributed by atoms with E-state index in [2.05, 4.69) is 0 Å². The molecule has 0 spiro atoms. The van der Waals surface area contributed by atoms with Gasteiger partial charge in [0.05, 0.1) is 0 Å². The van der Waals surface area contributed by atoms with Crippen LogP contribution in [0, 0.1) is 14.9 Å². The minimum absolute atomic E-state index is 0. The standard InChI is InChI=1S/2CH3.W.3Y/h2*1H3;;;;/q2*-1;;;;. The Morgan fingerprint density at radius 1 is 0.500 bits per heavy atom. The molecule has 0 amide bonds. The van der Waals surface area contributed by atoms with E-state index >= 15 is 0 Å². The van der Waals surface area contributed by atoms with E-state index in [0.29, 0.717) is 0 Å². The third-order valence-corrected chi connectivity index (χ3v) is 0. The Labute approximate surface area is 131 Å². The largest absolute Gasteiger partial charge is 0.358 e. The van der Waals surface area contributed by atoms with Gasteiger partial charge in [-0.2, -0.15) is 0 Å². The quantitative estimate of drug-likeness (QED) is 0.452. The fourth-order valence-corrected chi connectivity index (χ4v) is 0. The molecule has 0 fully saturated rings. The van der Waals surface area contributed by atoms with Gasteiger partial charge in [0.15, 0.2) is 0 Å². The number of hydrogen-bond acceptors (Lipinski definition) is 0. The second-order valence-corrected chi connectivity index (χ2v) is 0. The molecular weight excluding hydrogens is 475 g/mol. The summed E-state index contributed by atoms with van der Waals surface area (Å²) in [6.07, 6.45) is 0. The topological polar surface area (TPSA) is 0 Å². The van der Waals surface area contributed by atoms with E-state index in [4.69, 9.17) is 0 Å². The van der Waals surface area contributed by atoms with Crippen molar-refractivity contribution >= 4 is 0 Å². The summed E-state index contributed by atoms with van der Waals surface area (Å²) < 4.78 is 0. The first kappa shape index (κ1) is 50.6. The summed E-state index contributed by atoms with van der Waals surface area (Å²) in [6, 6.07) is 0. The molecule has 0 N–H and O–H groups in total.